The van der Waals surface area contributed by atoms with Crippen molar-refractivity contribution in [3.8, 4) is 10.6 Å². The predicted octanol–water partition coefficient (Wildman–Crippen LogP) is 4.95. The molecule has 4 heterocycles. The van der Waals surface area contributed by atoms with Crippen molar-refractivity contribution in [2.24, 2.45) is 0 Å². The van der Waals surface area contributed by atoms with E-state index in [9.17, 15) is 4.79 Å². The van der Waals surface area contributed by atoms with Gasteiger partial charge in [0.05, 0.1) is 10.6 Å². The molecule has 1 amide bonds. The zero-order valence-corrected chi connectivity index (χ0v) is 20.8. The van der Waals surface area contributed by atoms with Gasteiger partial charge in [0, 0.05) is 61.2 Å². The van der Waals surface area contributed by atoms with Gasteiger partial charge >= 0.3 is 0 Å². The number of carbonyl (C=O) groups excluding carboxylic acids is 1. The zero-order chi connectivity index (χ0) is 22.9. The number of fused-ring (bicyclic) bond motifs is 1. The Kier molecular flexibility index (Phi) is 6.23. The molecular weight excluding hydrogens is 450 g/mol. The van der Waals surface area contributed by atoms with Crippen LogP contribution in [0, 0.1) is 13.8 Å². The van der Waals surface area contributed by atoms with E-state index in [0.29, 0.717) is 0 Å². The number of piperazine rings is 1. The molecule has 33 heavy (non-hydrogen) atoms. The van der Waals surface area contributed by atoms with E-state index in [1.165, 1.54) is 11.3 Å². The van der Waals surface area contributed by atoms with Crippen molar-refractivity contribution in [2.75, 3.05) is 26.2 Å². The molecular formula is C25H27N5OS2. The third-order valence-electron chi connectivity index (χ3n) is 6.15. The first-order chi connectivity index (χ1) is 16.0. The van der Waals surface area contributed by atoms with Gasteiger partial charge in [-0.05, 0) is 19.4 Å². The van der Waals surface area contributed by atoms with Crippen molar-refractivity contribution in [3.05, 3.63) is 63.4 Å². The summed E-state index contributed by atoms with van der Waals surface area (Å²) < 4.78 is 0. The van der Waals surface area contributed by atoms with Gasteiger partial charge in [-0.3, -0.25) is 9.69 Å². The summed E-state index contributed by atoms with van der Waals surface area (Å²) in [6.07, 6.45) is 0.796. The number of nitrogens with zero attached hydrogens (tertiary/aromatic N) is 5. The fourth-order valence-electron chi connectivity index (χ4n) is 4.33. The Hall–Kier alpha value is -2.68. The molecule has 1 saturated heterocycles. The van der Waals surface area contributed by atoms with Gasteiger partial charge in [-0.25, -0.2) is 15.0 Å². The summed E-state index contributed by atoms with van der Waals surface area (Å²) in [5.74, 6) is 0.957. The second-order valence-corrected chi connectivity index (χ2v) is 10.3. The molecule has 1 aromatic carbocycles. The summed E-state index contributed by atoms with van der Waals surface area (Å²) in [6.45, 7) is 10.1. The largest absolute Gasteiger partial charge is 0.335 e. The molecule has 1 aliphatic rings. The molecule has 0 unspecified atom stereocenters. The smallest absolute Gasteiger partial charge is 0.264 e. The molecule has 0 aliphatic carbocycles. The quantitative estimate of drug-likeness (QED) is 0.407. The molecule has 5 rings (SSSR count). The van der Waals surface area contributed by atoms with Gasteiger partial charge in [0.25, 0.3) is 5.91 Å². The Bertz CT molecular complexity index is 1290. The average Bonchev–Trinajstić information content (AvgIpc) is 3.44. The highest BCUT2D eigenvalue weighted by molar-refractivity contribution is 7.20. The lowest BCUT2D eigenvalue weighted by Crippen LogP contribution is -2.48. The van der Waals surface area contributed by atoms with Crippen LogP contribution >= 0.6 is 22.7 Å². The number of thiophene rings is 1. The lowest BCUT2D eigenvalue weighted by atomic mass is 10.1. The molecule has 0 spiro atoms. The summed E-state index contributed by atoms with van der Waals surface area (Å²) in [4.78, 5) is 33.5. The fourth-order valence-corrected chi connectivity index (χ4v) is 6.37. The third kappa shape index (κ3) is 4.43. The highest BCUT2D eigenvalue weighted by Crippen LogP contribution is 2.32. The van der Waals surface area contributed by atoms with E-state index in [4.69, 9.17) is 4.98 Å². The first-order valence-electron chi connectivity index (χ1n) is 11.3. The van der Waals surface area contributed by atoms with Crippen LogP contribution in [0.4, 0.5) is 0 Å². The number of benzene rings is 1. The summed E-state index contributed by atoms with van der Waals surface area (Å²) in [6, 6.07) is 10.3. The van der Waals surface area contributed by atoms with E-state index >= 15 is 0 Å². The first kappa shape index (κ1) is 22.1. The zero-order valence-electron chi connectivity index (χ0n) is 19.2. The molecule has 1 aliphatic heterocycles. The predicted molar refractivity (Wildman–Crippen MR) is 135 cm³/mol. The average molecular weight is 478 g/mol. The second-order valence-electron chi connectivity index (χ2n) is 8.39. The summed E-state index contributed by atoms with van der Waals surface area (Å²) >= 11 is 3.20. The molecule has 0 saturated carbocycles. The Labute approximate surface area is 201 Å². The van der Waals surface area contributed by atoms with Crippen LogP contribution in [0.2, 0.25) is 0 Å². The lowest BCUT2D eigenvalue weighted by molar-refractivity contribution is 0.0631. The molecule has 6 nitrogen and oxygen atoms in total. The van der Waals surface area contributed by atoms with Gasteiger partial charge in [0.1, 0.15) is 15.7 Å². The van der Waals surface area contributed by atoms with Crippen molar-refractivity contribution in [1.29, 1.82) is 0 Å². The Morgan fingerprint density at radius 1 is 1.03 bits per heavy atom. The van der Waals surface area contributed by atoms with Gasteiger partial charge in [-0.1, -0.05) is 37.3 Å². The first-order valence-corrected chi connectivity index (χ1v) is 13.0. The highest BCUT2D eigenvalue weighted by Gasteiger charge is 2.26. The maximum absolute atomic E-state index is 13.3. The number of rotatable bonds is 5. The Morgan fingerprint density at radius 3 is 2.52 bits per heavy atom. The van der Waals surface area contributed by atoms with Crippen LogP contribution in [0.25, 0.3) is 20.8 Å². The van der Waals surface area contributed by atoms with Gasteiger partial charge in [-0.2, -0.15) is 0 Å². The number of hydrogen-bond acceptors (Lipinski definition) is 7. The Balaban J connectivity index is 1.24. The van der Waals surface area contributed by atoms with Crippen molar-refractivity contribution < 1.29 is 4.79 Å². The summed E-state index contributed by atoms with van der Waals surface area (Å²) in [7, 11) is 0. The summed E-state index contributed by atoms with van der Waals surface area (Å²) in [5, 5.41) is 4.25. The molecule has 3 aromatic heterocycles. The van der Waals surface area contributed by atoms with Crippen molar-refractivity contribution in [1.82, 2.24) is 24.8 Å². The van der Waals surface area contributed by atoms with Crippen molar-refractivity contribution in [2.45, 2.75) is 33.7 Å². The SMILES string of the molecule is CCc1nc(C)c2c(C)c(C(=O)N3CCN(Cc4csc(-c5ccccc5)n4)CC3)sc2n1. The molecule has 170 valence electrons. The van der Waals surface area contributed by atoms with Crippen molar-refractivity contribution in [3.63, 3.8) is 0 Å². The number of thiazole rings is 1. The standard InChI is InChI=1S/C25H27N5OS2/c1-4-20-26-17(3)21-16(2)22(33-24(21)28-20)25(31)30-12-10-29(11-13-30)14-19-15-32-23(27-19)18-8-6-5-7-9-18/h5-9,15H,4,10-14H2,1-3H3. The molecule has 0 bridgehead atoms. The van der Waals surface area contributed by atoms with Crippen LogP contribution in [-0.4, -0.2) is 56.8 Å². The van der Waals surface area contributed by atoms with Gasteiger partial charge in [-0.15, -0.1) is 22.7 Å². The number of hydrogen-bond donors (Lipinski definition) is 0. The van der Waals surface area contributed by atoms with E-state index in [-0.39, 0.29) is 5.91 Å². The van der Waals surface area contributed by atoms with Gasteiger partial charge in [0.15, 0.2) is 0 Å². The van der Waals surface area contributed by atoms with Crippen LogP contribution in [0.5, 0.6) is 0 Å². The molecule has 0 radical (unpaired) electrons. The fraction of sp³-hybridized carbons (Fsp3) is 0.360. The maximum atomic E-state index is 13.3. The number of aryl methyl sites for hydroxylation is 3. The minimum Gasteiger partial charge on any atom is -0.335 e. The van der Waals surface area contributed by atoms with E-state index in [1.54, 1.807) is 11.3 Å². The van der Waals surface area contributed by atoms with Crippen molar-refractivity contribution >= 4 is 38.8 Å². The second kappa shape index (κ2) is 9.29. The minimum atomic E-state index is 0.118. The monoisotopic (exact) mass is 477 g/mol. The lowest BCUT2D eigenvalue weighted by Gasteiger charge is -2.34. The van der Waals surface area contributed by atoms with E-state index in [2.05, 4.69) is 39.3 Å². The number of aromatic nitrogens is 3. The van der Waals surface area contributed by atoms with Gasteiger partial charge in [0.2, 0.25) is 0 Å². The maximum Gasteiger partial charge on any atom is 0.264 e. The van der Waals surface area contributed by atoms with Gasteiger partial charge < -0.3 is 4.90 Å². The number of amides is 1. The molecule has 8 heteroatoms. The van der Waals surface area contributed by atoms with E-state index in [1.807, 2.05) is 36.9 Å². The molecule has 1 fully saturated rings. The summed E-state index contributed by atoms with van der Waals surface area (Å²) in [5.41, 5.74) is 4.24. The molecule has 0 atom stereocenters. The van der Waals surface area contributed by atoms with Crippen LogP contribution < -0.4 is 0 Å². The Morgan fingerprint density at radius 2 is 1.79 bits per heavy atom. The van der Waals surface area contributed by atoms with Crippen LogP contribution in [0.3, 0.4) is 0 Å². The van der Waals surface area contributed by atoms with Crippen LogP contribution in [0.1, 0.15) is 39.4 Å². The van der Waals surface area contributed by atoms with Crippen LogP contribution in [0.15, 0.2) is 35.7 Å². The normalized spacial score (nSPS) is 14.8. The minimum absolute atomic E-state index is 0.118. The third-order valence-corrected chi connectivity index (χ3v) is 8.26. The highest BCUT2D eigenvalue weighted by atomic mass is 32.1. The van der Waals surface area contributed by atoms with Crippen LogP contribution in [-0.2, 0) is 13.0 Å². The molecule has 4 aromatic rings. The topological polar surface area (TPSA) is 62.2 Å². The number of carbonyl (C=O) groups is 1. The van der Waals surface area contributed by atoms with E-state index < -0.39 is 0 Å². The molecule has 0 N–H and O–H groups in total. The van der Waals surface area contributed by atoms with E-state index in [0.717, 1.165) is 87.6 Å².